The van der Waals surface area contributed by atoms with E-state index in [0.29, 0.717) is 6.61 Å². The maximum atomic E-state index is 5.81. The maximum Gasteiger partial charge on any atom is 0.208 e. The number of nitrogens with one attached hydrogen (secondary N) is 1. The SMILES string of the molecule is CCOC(C)n1c(N2CCNCC2)nc2ccccc21. The molecule has 1 N–H and O–H groups in total. The van der Waals surface area contributed by atoms with Gasteiger partial charge in [-0.3, -0.25) is 4.57 Å². The zero-order valence-electron chi connectivity index (χ0n) is 12.2. The summed E-state index contributed by atoms with van der Waals surface area (Å²) in [5.74, 6) is 1.02. The lowest BCUT2D eigenvalue weighted by atomic mass is 10.3. The molecule has 0 spiro atoms. The first-order valence-corrected chi connectivity index (χ1v) is 7.35. The van der Waals surface area contributed by atoms with E-state index >= 15 is 0 Å². The summed E-state index contributed by atoms with van der Waals surface area (Å²) in [4.78, 5) is 7.16. The predicted octanol–water partition coefficient (Wildman–Crippen LogP) is 2.00. The monoisotopic (exact) mass is 274 g/mol. The normalized spacial score (nSPS) is 17.6. The largest absolute Gasteiger partial charge is 0.358 e. The summed E-state index contributed by atoms with van der Waals surface area (Å²) in [6.07, 6.45) is -0.00251. The summed E-state index contributed by atoms with van der Waals surface area (Å²) >= 11 is 0. The van der Waals surface area contributed by atoms with Gasteiger partial charge in [0.05, 0.1) is 11.0 Å². The van der Waals surface area contributed by atoms with Crippen LogP contribution in [0.2, 0.25) is 0 Å². The molecule has 5 heteroatoms. The van der Waals surface area contributed by atoms with Crippen molar-refractivity contribution < 1.29 is 4.74 Å². The summed E-state index contributed by atoms with van der Waals surface area (Å²) in [6, 6.07) is 8.27. The molecule has 108 valence electrons. The van der Waals surface area contributed by atoms with Gasteiger partial charge in [-0.15, -0.1) is 0 Å². The number of aromatic nitrogens is 2. The van der Waals surface area contributed by atoms with Gasteiger partial charge >= 0.3 is 0 Å². The van der Waals surface area contributed by atoms with Gasteiger partial charge in [0.2, 0.25) is 5.95 Å². The van der Waals surface area contributed by atoms with Gasteiger partial charge in [-0.05, 0) is 26.0 Å². The summed E-state index contributed by atoms with van der Waals surface area (Å²) in [6.45, 7) is 8.81. The maximum absolute atomic E-state index is 5.81. The molecule has 1 aliphatic rings. The van der Waals surface area contributed by atoms with Gasteiger partial charge in [-0.25, -0.2) is 4.98 Å². The predicted molar refractivity (Wildman–Crippen MR) is 81.2 cm³/mol. The third-order valence-corrected chi connectivity index (χ3v) is 3.75. The molecule has 0 amide bonds. The lowest BCUT2D eigenvalue weighted by Gasteiger charge is -2.30. The van der Waals surface area contributed by atoms with Crippen LogP contribution in [-0.4, -0.2) is 42.3 Å². The second-order valence-corrected chi connectivity index (χ2v) is 5.06. The number of ether oxygens (including phenoxy) is 1. The van der Waals surface area contributed by atoms with E-state index in [2.05, 4.69) is 39.9 Å². The zero-order chi connectivity index (χ0) is 13.9. The summed E-state index contributed by atoms with van der Waals surface area (Å²) in [5, 5.41) is 3.38. The smallest absolute Gasteiger partial charge is 0.208 e. The van der Waals surface area contributed by atoms with Gasteiger partial charge in [0, 0.05) is 32.8 Å². The standard InChI is InChI=1S/C15H22N4O/c1-3-20-12(2)19-14-7-5-4-6-13(14)17-15(19)18-10-8-16-9-11-18/h4-7,12,16H,3,8-11H2,1-2H3. The molecule has 3 rings (SSSR count). The minimum Gasteiger partial charge on any atom is -0.358 e. The molecule has 1 aromatic heterocycles. The molecular weight excluding hydrogens is 252 g/mol. The van der Waals surface area contributed by atoms with E-state index in [1.54, 1.807) is 0 Å². The van der Waals surface area contributed by atoms with Crippen LogP contribution in [0.3, 0.4) is 0 Å². The molecule has 0 radical (unpaired) electrons. The van der Waals surface area contributed by atoms with E-state index in [4.69, 9.17) is 9.72 Å². The van der Waals surface area contributed by atoms with E-state index in [-0.39, 0.29) is 6.23 Å². The lowest BCUT2D eigenvalue weighted by Crippen LogP contribution is -2.44. The molecule has 20 heavy (non-hydrogen) atoms. The zero-order valence-corrected chi connectivity index (χ0v) is 12.2. The second-order valence-electron chi connectivity index (χ2n) is 5.06. The Morgan fingerprint density at radius 1 is 1.30 bits per heavy atom. The van der Waals surface area contributed by atoms with Crippen LogP contribution in [-0.2, 0) is 4.74 Å². The summed E-state index contributed by atoms with van der Waals surface area (Å²) in [5.41, 5.74) is 2.18. The first kappa shape index (κ1) is 13.4. The first-order valence-electron chi connectivity index (χ1n) is 7.35. The van der Waals surface area contributed by atoms with Crippen LogP contribution in [0.25, 0.3) is 11.0 Å². The average molecular weight is 274 g/mol. The van der Waals surface area contributed by atoms with E-state index < -0.39 is 0 Å². The highest BCUT2D eigenvalue weighted by Gasteiger charge is 2.21. The van der Waals surface area contributed by atoms with Crippen molar-refractivity contribution in [2.75, 3.05) is 37.7 Å². The van der Waals surface area contributed by atoms with Crippen LogP contribution in [0, 0.1) is 0 Å². The van der Waals surface area contributed by atoms with Gasteiger partial charge in [0.1, 0.15) is 6.23 Å². The Balaban J connectivity index is 2.06. The molecule has 1 fully saturated rings. The Bertz CT molecular complexity index is 574. The molecule has 0 bridgehead atoms. The quantitative estimate of drug-likeness (QED) is 0.926. The highest BCUT2D eigenvalue weighted by molar-refractivity contribution is 5.79. The van der Waals surface area contributed by atoms with Gasteiger partial charge < -0.3 is 15.0 Å². The van der Waals surface area contributed by atoms with Crippen molar-refractivity contribution in [3.63, 3.8) is 0 Å². The third-order valence-electron chi connectivity index (χ3n) is 3.75. The van der Waals surface area contributed by atoms with Crippen molar-refractivity contribution >= 4 is 17.0 Å². The average Bonchev–Trinajstić information content (AvgIpc) is 2.88. The molecule has 2 heterocycles. The molecule has 5 nitrogen and oxygen atoms in total. The van der Waals surface area contributed by atoms with Gasteiger partial charge in [0.15, 0.2) is 0 Å². The fourth-order valence-electron chi connectivity index (χ4n) is 2.79. The molecule has 1 unspecified atom stereocenters. The number of para-hydroxylation sites is 2. The molecular formula is C15H22N4O. The minimum absolute atomic E-state index is 0.00251. The first-order chi connectivity index (χ1) is 9.81. The van der Waals surface area contributed by atoms with Gasteiger partial charge in [0.25, 0.3) is 0 Å². The number of nitrogens with zero attached hydrogens (tertiary/aromatic N) is 3. The number of fused-ring (bicyclic) bond motifs is 1. The number of anilines is 1. The minimum atomic E-state index is -0.00251. The number of hydrogen-bond donors (Lipinski definition) is 1. The van der Waals surface area contributed by atoms with Gasteiger partial charge in [-0.2, -0.15) is 0 Å². The summed E-state index contributed by atoms with van der Waals surface area (Å²) in [7, 11) is 0. The van der Waals surface area contributed by atoms with Crippen LogP contribution >= 0.6 is 0 Å². The van der Waals surface area contributed by atoms with Crippen molar-refractivity contribution in [1.29, 1.82) is 0 Å². The fraction of sp³-hybridized carbons (Fsp3) is 0.533. The van der Waals surface area contributed by atoms with Crippen LogP contribution in [0.15, 0.2) is 24.3 Å². The van der Waals surface area contributed by atoms with Crippen molar-refractivity contribution in [2.45, 2.75) is 20.1 Å². The van der Waals surface area contributed by atoms with E-state index in [0.717, 1.165) is 43.2 Å². The number of benzene rings is 1. The molecule has 1 aromatic carbocycles. The Labute approximate surface area is 119 Å². The number of hydrogen-bond acceptors (Lipinski definition) is 4. The molecule has 1 saturated heterocycles. The molecule has 2 aromatic rings. The molecule has 1 atom stereocenters. The highest BCUT2D eigenvalue weighted by Crippen LogP contribution is 2.27. The Morgan fingerprint density at radius 2 is 2.05 bits per heavy atom. The summed E-state index contributed by atoms with van der Waals surface area (Å²) < 4.78 is 8.02. The Hall–Kier alpha value is -1.59. The highest BCUT2D eigenvalue weighted by atomic mass is 16.5. The van der Waals surface area contributed by atoms with Crippen molar-refractivity contribution in [1.82, 2.24) is 14.9 Å². The van der Waals surface area contributed by atoms with Crippen LogP contribution in [0.4, 0.5) is 5.95 Å². The Kier molecular flexibility index (Phi) is 3.89. The van der Waals surface area contributed by atoms with Crippen LogP contribution < -0.4 is 10.2 Å². The van der Waals surface area contributed by atoms with Gasteiger partial charge in [-0.1, -0.05) is 12.1 Å². The lowest BCUT2D eigenvalue weighted by molar-refractivity contribution is 0.0284. The van der Waals surface area contributed by atoms with Crippen molar-refractivity contribution in [3.05, 3.63) is 24.3 Å². The van der Waals surface area contributed by atoms with Crippen molar-refractivity contribution in [2.24, 2.45) is 0 Å². The van der Waals surface area contributed by atoms with E-state index in [1.807, 2.05) is 13.0 Å². The van der Waals surface area contributed by atoms with E-state index in [9.17, 15) is 0 Å². The van der Waals surface area contributed by atoms with Crippen molar-refractivity contribution in [3.8, 4) is 0 Å². The Morgan fingerprint density at radius 3 is 2.80 bits per heavy atom. The number of rotatable bonds is 4. The molecule has 1 aliphatic heterocycles. The third kappa shape index (κ3) is 2.39. The van der Waals surface area contributed by atoms with Crippen LogP contribution in [0.5, 0.6) is 0 Å². The topological polar surface area (TPSA) is 42.3 Å². The number of imidazole rings is 1. The van der Waals surface area contributed by atoms with Crippen LogP contribution in [0.1, 0.15) is 20.1 Å². The molecule has 0 saturated carbocycles. The van der Waals surface area contributed by atoms with E-state index in [1.165, 1.54) is 0 Å². The second kappa shape index (κ2) is 5.81. The number of piperazine rings is 1. The molecule has 0 aliphatic carbocycles. The fourth-order valence-corrected chi connectivity index (χ4v) is 2.79.